The number of phenolic OH excluding ortho intramolecular Hbond substituents is 1. The number of amides is 1. The molecule has 1 atom stereocenters. The fraction of sp³-hybridized carbons (Fsp3) is 0.364. The number of aromatic hydroxyl groups is 1. The monoisotopic (exact) mass is 395 g/mol. The van der Waals surface area contributed by atoms with Crippen molar-refractivity contribution in [3.05, 3.63) is 27.3 Å². The van der Waals surface area contributed by atoms with E-state index in [0.717, 1.165) is 16.5 Å². The molecule has 1 aromatic carbocycles. The molecule has 0 aliphatic carbocycles. The molecule has 1 saturated heterocycles. The highest BCUT2D eigenvalue weighted by molar-refractivity contribution is 14.1. The highest BCUT2D eigenvalue weighted by atomic mass is 127. The molecule has 16 heavy (non-hydrogen) atoms. The first-order valence-corrected chi connectivity index (χ1v) is 6.99. The van der Waals surface area contributed by atoms with Gasteiger partial charge in [-0.25, -0.2) is 0 Å². The Hall–Kier alpha value is -0.300. The van der Waals surface area contributed by atoms with Gasteiger partial charge in [0.25, 0.3) is 5.91 Å². The van der Waals surface area contributed by atoms with Crippen molar-refractivity contribution in [3.8, 4) is 5.75 Å². The van der Waals surface area contributed by atoms with Crippen molar-refractivity contribution in [1.29, 1.82) is 0 Å². The predicted molar refractivity (Wildman–Crippen MR) is 74.1 cm³/mol. The first-order chi connectivity index (χ1) is 7.58. The molecule has 1 aromatic rings. The number of carbonyl (C=O) groups is 1. The molecule has 1 unspecified atom stereocenters. The van der Waals surface area contributed by atoms with Gasteiger partial charge in [0.2, 0.25) is 0 Å². The van der Waals surface area contributed by atoms with Gasteiger partial charge in [0.05, 0.1) is 5.56 Å². The fourth-order valence-corrected chi connectivity index (χ4v) is 2.80. The van der Waals surface area contributed by atoms with Gasteiger partial charge >= 0.3 is 0 Å². The van der Waals surface area contributed by atoms with Crippen LogP contribution in [0.15, 0.2) is 18.2 Å². The number of benzene rings is 1. The number of carbonyl (C=O) groups excluding carboxylic acids is 1. The van der Waals surface area contributed by atoms with Gasteiger partial charge in [-0.05, 0) is 47.2 Å². The Morgan fingerprint density at radius 3 is 2.94 bits per heavy atom. The maximum Gasteiger partial charge on any atom is 0.257 e. The normalized spacial score (nSPS) is 20.1. The third kappa shape index (κ3) is 2.51. The third-order valence-corrected chi connectivity index (χ3v) is 4.03. The molecule has 3 nitrogen and oxygen atoms in total. The predicted octanol–water partition coefficient (Wildman–Crippen LogP) is 2.61. The van der Waals surface area contributed by atoms with Gasteiger partial charge in [-0.1, -0.05) is 15.9 Å². The number of phenols is 1. The molecule has 0 saturated carbocycles. The van der Waals surface area contributed by atoms with Crippen LogP contribution in [0.2, 0.25) is 0 Å². The van der Waals surface area contributed by atoms with Crippen LogP contribution >= 0.6 is 38.5 Å². The minimum Gasteiger partial charge on any atom is -0.507 e. The molecule has 0 aromatic heterocycles. The van der Waals surface area contributed by atoms with Crippen molar-refractivity contribution in [1.82, 2.24) is 4.90 Å². The van der Waals surface area contributed by atoms with Crippen LogP contribution in [0.1, 0.15) is 16.8 Å². The summed E-state index contributed by atoms with van der Waals surface area (Å²) in [6, 6.07) is 5.07. The number of likely N-dealkylation sites (tertiary alicyclic amines) is 1. The average Bonchev–Trinajstić information content (AvgIpc) is 2.67. The Labute approximate surface area is 116 Å². The van der Waals surface area contributed by atoms with Crippen molar-refractivity contribution in [3.63, 3.8) is 0 Å². The van der Waals surface area contributed by atoms with E-state index in [-0.39, 0.29) is 11.7 Å². The van der Waals surface area contributed by atoms with Crippen LogP contribution in [0.3, 0.4) is 0 Å². The zero-order chi connectivity index (χ0) is 11.7. The van der Waals surface area contributed by atoms with Crippen LogP contribution in [0.25, 0.3) is 0 Å². The van der Waals surface area contributed by atoms with E-state index in [0.29, 0.717) is 16.9 Å². The number of halogens is 2. The van der Waals surface area contributed by atoms with Gasteiger partial charge in [0.15, 0.2) is 0 Å². The second-order valence-electron chi connectivity index (χ2n) is 3.80. The summed E-state index contributed by atoms with van der Waals surface area (Å²) >= 11 is 5.63. The lowest BCUT2D eigenvalue weighted by molar-refractivity contribution is 0.0790. The minimum absolute atomic E-state index is 0.0587. The Morgan fingerprint density at radius 2 is 2.31 bits per heavy atom. The molecule has 0 bridgehead atoms. The molecule has 5 heteroatoms. The summed E-state index contributed by atoms with van der Waals surface area (Å²) in [5.74, 6) is -0.0265. The topological polar surface area (TPSA) is 40.5 Å². The quantitative estimate of drug-likeness (QED) is 0.586. The molecule has 1 amide bonds. The summed E-state index contributed by atoms with van der Waals surface area (Å²) in [6.45, 7) is 1.46. The Balaban J connectivity index is 2.23. The van der Waals surface area contributed by atoms with Gasteiger partial charge in [0.1, 0.15) is 5.75 Å². The highest BCUT2D eigenvalue weighted by Gasteiger charge is 2.26. The minimum atomic E-state index is -0.0852. The average molecular weight is 396 g/mol. The van der Waals surface area contributed by atoms with E-state index in [1.54, 1.807) is 23.1 Å². The van der Waals surface area contributed by atoms with Crippen molar-refractivity contribution < 1.29 is 9.90 Å². The van der Waals surface area contributed by atoms with Crippen LogP contribution in [0, 0.1) is 3.57 Å². The highest BCUT2D eigenvalue weighted by Crippen LogP contribution is 2.24. The van der Waals surface area contributed by atoms with Crippen LogP contribution in [0.5, 0.6) is 5.75 Å². The van der Waals surface area contributed by atoms with E-state index < -0.39 is 0 Å². The summed E-state index contributed by atoms with van der Waals surface area (Å²) < 4.78 is 0.952. The maximum atomic E-state index is 12.1. The van der Waals surface area contributed by atoms with Crippen LogP contribution in [-0.2, 0) is 0 Å². The molecule has 1 aliphatic rings. The van der Waals surface area contributed by atoms with Crippen molar-refractivity contribution >= 4 is 44.4 Å². The number of alkyl halides is 1. The maximum absolute atomic E-state index is 12.1. The van der Waals surface area contributed by atoms with E-state index >= 15 is 0 Å². The summed E-state index contributed by atoms with van der Waals surface area (Å²) in [5, 5.41) is 9.67. The second-order valence-corrected chi connectivity index (χ2v) is 6.34. The first kappa shape index (κ1) is 12.2. The molecule has 2 rings (SSSR count). The molecule has 0 spiro atoms. The van der Waals surface area contributed by atoms with E-state index in [2.05, 4.69) is 38.5 Å². The molecular weight excluding hydrogens is 385 g/mol. The fourth-order valence-electron chi connectivity index (χ4n) is 1.75. The van der Waals surface area contributed by atoms with E-state index in [1.165, 1.54) is 0 Å². The standard InChI is InChI=1S/C11H11BrINO2/c12-7-3-4-14(6-7)11(16)9-5-8(13)1-2-10(9)15/h1-2,5,7,15H,3-4,6H2. The first-order valence-electron chi connectivity index (χ1n) is 5.00. The summed E-state index contributed by atoms with van der Waals surface area (Å²) in [4.78, 5) is 14.3. The van der Waals surface area contributed by atoms with Gasteiger partial charge in [0, 0.05) is 21.5 Å². The Morgan fingerprint density at radius 1 is 1.56 bits per heavy atom. The van der Waals surface area contributed by atoms with Gasteiger partial charge in [-0.2, -0.15) is 0 Å². The summed E-state index contributed by atoms with van der Waals surface area (Å²) in [5.41, 5.74) is 0.397. The third-order valence-electron chi connectivity index (χ3n) is 2.61. The molecule has 1 fully saturated rings. The zero-order valence-corrected chi connectivity index (χ0v) is 12.2. The van der Waals surface area contributed by atoms with E-state index in [4.69, 9.17) is 0 Å². The second kappa shape index (κ2) is 4.91. The van der Waals surface area contributed by atoms with E-state index in [1.807, 2.05) is 0 Å². The number of hydrogen-bond donors (Lipinski definition) is 1. The lowest BCUT2D eigenvalue weighted by Gasteiger charge is -2.16. The molecular formula is C11H11BrINO2. The van der Waals surface area contributed by atoms with Crippen LogP contribution in [0.4, 0.5) is 0 Å². The molecule has 1 aliphatic heterocycles. The number of hydrogen-bond acceptors (Lipinski definition) is 2. The van der Waals surface area contributed by atoms with Crippen LogP contribution in [-0.4, -0.2) is 33.8 Å². The van der Waals surface area contributed by atoms with Gasteiger partial charge in [-0.15, -0.1) is 0 Å². The molecule has 1 heterocycles. The van der Waals surface area contributed by atoms with Crippen molar-refractivity contribution in [2.24, 2.45) is 0 Å². The van der Waals surface area contributed by atoms with Crippen LogP contribution < -0.4 is 0 Å². The van der Waals surface area contributed by atoms with Crippen molar-refractivity contribution in [2.75, 3.05) is 13.1 Å². The Kier molecular flexibility index (Phi) is 3.73. The number of nitrogens with zero attached hydrogens (tertiary/aromatic N) is 1. The molecule has 86 valence electrons. The molecule has 0 radical (unpaired) electrons. The largest absolute Gasteiger partial charge is 0.507 e. The smallest absolute Gasteiger partial charge is 0.257 e. The lowest BCUT2D eigenvalue weighted by atomic mass is 10.2. The lowest BCUT2D eigenvalue weighted by Crippen LogP contribution is -2.28. The molecule has 1 N–H and O–H groups in total. The van der Waals surface area contributed by atoms with Gasteiger partial charge in [-0.3, -0.25) is 4.79 Å². The SMILES string of the molecule is O=C(c1cc(I)ccc1O)N1CCC(Br)C1. The van der Waals surface area contributed by atoms with E-state index in [9.17, 15) is 9.90 Å². The summed E-state index contributed by atoms with van der Waals surface area (Å²) in [6.07, 6.45) is 0.969. The summed E-state index contributed by atoms with van der Waals surface area (Å²) in [7, 11) is 0. The number of rotatable bonds is 1. The Bertz CT molecular complexity index is 424. The zero-order valence-electron chi connectivity index (χ0n) is 8.49. The van der Waals surface area contributed by atoms with Crippen molar-refractivity contribution in [2.45, 2.75) is 11.2 Å². The van der Waals surface area contributed by atoms with Gasteiger partial charge < -0.3 is 10.0 Å².